The molecule has 6 nitrogen and oxygen atoms in total. The van der Waals surface area contributed by atoms with E-state index >= 15 is 0 Å². The van der Waals surface area contributed by atoms with E-state index in [1.807, 2.05) is 0 Å². The zero-order chi connectivity index (χ0) is 10.9. The minimum Gasteiger partial charge on any atom is -0.389 e. The second-order valence-electron chi connectivity index (χ2n) is 3.56. The molecule has 6 heteroatoms. The fourth-order valence-corrected chi connectivity index (χ4v) is 1.89. The number of hydrogen-bond donors (Lipinski definition) is 5. The predicted octanol–water partition coefficient (Wildman–Crippen LogP) is -2.99. The van der Waals surface area contributed by atoms with Gasteiger partial charge in [-0.2, -0.15) is 0 Å². The molecule has 6 N–H and O–H groups in total. The van der Waals surface area contributed by atoms with Crippen molar-refractivity contribution in [1.82, 2.24) is 5.32 Å². The van der Waals surface area contributed by atoms with E-state index in [1.54, 1.807) is 7.05 Å². The second kappa shape index (κ2) is 4.52. The van der Waals surface area contributed by atoms with Crippen molar-refractivity contribution >= 4 is 0 Å². The van der Waals surface area contributed by atoms with E-state index in [9.17, 15) is 15.3 Å². The number of likely N-dealkylation sites (N-methyl/N-ethyl adjacent to an activating group) is 1. The van der Waals surface area contributed by atoms with Crippen LogP contribution in [0, 0.1) is 0 Å². The minimum atomic E-state index is -1.14. The van der Waals surface area contributed by atoms with Gasteiger partial charge in [0.05, 0.1) is 30.4 Å². The highest BCUT2D eigenvalue weighted by atomic mass is 16.5. The smallest absolute Gasteiger partial charge is 0.102 e. The lowest BCUT2D eigenvalue weighted by Crippen LogP contribution is -2.69. The van der Waals surface area contributed by atoms with Gasteiger partial charge in [0.25, 0.3) is 0 Å². The number of ether oxygens (including phenoxy) is 1. The molecule has 0 aromatic heterocycles. The molecule has 0 spiro atoms. The Morgan fingerprint density at radius 2 is 1.71 bits per heavy atom. The van der Waals surface area contributed by atoms with Crippen LogP contribution in [0.3, 0.4) is 0 Å². The van der Waals surface area contributed by atoms with Crippen molar-refractivity contribution in [2.24, 2.45) is 5.73 Å². The fraction of sp³-hybridized carbons (Fsp3) is 1.00. The Hall–Kier alpha value is -0.240. The summed E-state index contributed by atoms with van der Waals surface area (Å²) in [4.78, 5) is 0. The molecule has 0 aromatic carbocycles. The van der Waals surface area contributed by atoms with Crippen LogP contribution in [0.25, 0.3) is 0 Å². The molecule has 0 amide bonds. The maximum absolute atomic E-state index is 9.67. The first-order valence-corrected chi connectivity index (χ1v) is 4.54. The molecular weight excluding hydrogens is 188 g/mol. The third-order valence-electron chi connectivity index (χ3n) is 2.80. The van der Waals surface area contributed by atoms with Crippen molar-refractivity contribution in [2.75, 3.05) is 14.2 Å². The number of nitrogens with one attached hydrogen (secondary N) is 1. The Labute approximate surface area is 82.7 Å². The number of rotatable bonds is 2. The molecule has 1 aliphatic carbocycles. The lowest BCUT2D eigenvalue weighted by molar-refractivity contribution is -0.148. The molecule has 0 aliphatic heterocycles. The summed E-state index contributed by atoms with van der Waals surface area (Å²) in [6.07, 6.45) is -3.79. The molecular formula is C8H18N2O4. The van der Waals surface area contributed by atoms with Crippen LogP contribution in [0.1, 0.15) is 0 Å². The van der Waals surface area contributed by atoms with Crippen molar-refractivity contribution in [3.63, 3.8) is 0 Å². The molecule has 84 valence electrons. The molecule has 0 bridgehead atoms. The summed E-state index contributed by atoms with van der Waals surface area (Å²) in [5.41, 5.74) is 5.53. The van der Waals surface area contributed by atoms with Crippen molar-refractivity contribution in [3.05, 3.63) is 0 Å². The summed E-state index contributed by atoms with van der Waals surface area (Å²) in [6.45, 7) is 0. The van der Waals surface area contributed by atoms with Gasteiger partial charge in [0.1, 0.15) is 6.10 Å². The summed E-state index contributed by atoms with van der Waals surface area (Å²) < 4.78 is 5.03. The van der Waals surface area contributed by atoms with Gasteiger partial charge in [-0.15, -0.1) is 0 Å². The summed E-state index contributed by atoms with van der Waals surface area (Å²) in [5, 5.41) is 31.6. The van der Waals surface area contributed by atoms with E-state index in [-0.39, 0.29) is 0 Å². The zero-order valence-corrected chi connectivity index (χ0v) is 8.29. The molecule has 1 aliphatic rings. The molecule has 0 radical (unpaired) electrons. The Balaban J connectivity index is 2.84. The maximum Gasteiger partial charge on any atom is 0.102 e. The van der Waals surface area contributed by atoms with Crippen LogP contribution in [0.2, 0.25) is 0 Å². The highest BCUT2D eigenvalue weighted by Gasteiger charge is 2.47. The Morgan fingerprint density at radius 1 is 1.14 bits per heavy atom. The number of methoxy groups -OCH3 is 1. The predicted molar refractivity (Wildman–Crippen MR) is 49.6 cm³/mol. The van der Waals surface area contributed by atoms with E-state index in [1.165, 1.54) is 7.11 Å². The van der Waals surface area contributed by atoms with Gasteiger partial charge < -0.3 is 31.1 Å². The topological polar surface area (TPSA) is 108 Å². The summed E-state index contributed by atoms with van der Waals surface area (Å²) >= 11 is 0. The van der Waals surface area contributed by atoms with Crippen LogP contribution in [-0.4, -0.2) is 66.0 Å². The highest BCUT2D eigenvalue weighted by molar-refractivity contribution is 5.04. The average molecular weight is 206 g/mol. The van der Waals surface area contributed by atoms with Gasteiger partial charge in [0.15, 0.2) is 0 Å². The third-order valence-corrected chi connectivity index (χ3v) is 2.80. The third kappa shape index (κ3) is 1.77. The van der Waals surface area contributed by atoms with Gasteiger partial charge >= 0.3 is 0 Å². The van der Waals surface area contributed by atoms with Crippen molar-refractivity contribution in [2.45, 2.75) is 36.5 Å². The normalized spacial score (nSPS) is 49.3. The molecule has 0 aromatic rings. The van der Waals surface area contributed by atoms with E-state index in [0.29, 0.717) is 0 Å². The van der Waals surface area contributed by atoms with Crippen LogP contribution in [0.15, 0.2) is 0 Å². The molecule has 1 saturated carbocycles. The molecule has 0 saturated heterocycles. The van der Waals surface area contributed by atoms with Gasteiger partial charge in [-0.1, -0.05) is 0 Å². The van der Waals surface area contributed by atoms with Crippen LogP contribution in [0.4, 0.5) is 0 Å². The maximum atomic E-state index is 9.67. The number of hydrogen-bond acceptors (Lipinski definition) is 6. The van der Waals surface area contributed by atoms with Crippen molar-refractivity contribution in [1.29, 1.82) is 0 Å². The second-order valence-corrected chi connectivity index (χ2v) is 3.56. The fourth-order valence-electron chi connectivity index (χ4n) is 1.89. The van der Waals surface area contributed by atoms with E-state index < -0.39 is 36.5 Å². The van der Waals surface area contributed by atoms with Crippen LogP contribution in [-0.2, 0) is 4.74 Å². The lowest BCUT2D eigenvalue weighted by atomic mass is 9.82. The van der Waals surface area contributed by atoms with Gasteiger partial charge in [-0.25, -0.2) is 0 Å². The van der Waals surface area contributed by atoms with Gasteiger partial charge in [0.2, 0.25) is 0 Å². The van der Waals surface area contributed by atoms with Crippen molar-refractivity contribution in [3.8, 4) is 0 Å². The number of aliphatic hydroxyl groups excluding tert-OH is 3. The van der Waals surface area contributed by atoms with E-state index in [4.69, 9.17) is 10.5 Å². The quantitative estimate of drug-likeness (QED) is 0.330. The molecule has 14 heavy (non-hydrogen) atoms. The monoisotopic (exact) mass is 206 g/mol. The van der Waals surface area contributed by atoms with Crippen LogP contribution < -0.4 is 11.1 Å². The van der Waals surface area contributed by atoms with Gasteiger partial charge in [-0.05, 0) is 7.05 Å². The molecule has 6 unspecified atom stereocenters. The summed E-state index contributed by atoms with van der Waals surface area (Å²) in [7, 11) is 3.05. The highest BCUT2D eigenvalue weighted by Crippen LogP contribution is 2.21. The Kier molecular flexibility index (Phi) is 3.82. The lowest BCUT2D eigenvalue weighted by Gasteiger charge is -2.43. The molecule has 1 fully saturated rings. The SMILES string of the molecule is CNC1C(O)C(O)C(N)C(O)C1OC. The first-order chi connectivity index (χ1) is 6.54. The number of aliphatic hydroxyl groups is 3. The molecule has 1 rings (SSSR count). The molecule has 6 atom stereocenters. The van der Waals surface area contributed by atoms with Crippen LogP contribution in [0.5, 0.6) is 0 Å². The first-order valence-electron chi connectivity index (χ1n) is 4.54. The van der Waals surface area contributed by atoms with Gasteiger partial charge in [-0.3, -0.25) is 0 Å². The summed E-state index contributed by atoms with van der Waals surface area (Å²) in [5.74, 6) is 0. The largest absolute Gasteiger partial charge is 0.389 e. The Bertz CT molecular complexity index is 172. The van der Waals surface area contributed by atoms with Gasteiger partial charge in [0, 0.05) is 7.11 Å². The average Bonchev–Trinajstić information content (AvgIpc) is 2.20. The van der Waals surface area contributed by atoms with E-state index in [2.05, 4.69) is 5.32 Å². The standard InChI is InChI=1S/C8H18N2O4/c1-10-4-7(13)5(11)3(9)6(12)8(4)14-2/h3-8,10-13H,9H2,1-2H3. The number of nitrogens with two attached hydrogens (primary N) is 1. The van der Waals surface area contributed by atoms with Crippen LogP contribution >= 0.6 is 0 Å². The van der Waals surface area contributed by atoms with E-state index in [0.717, 1.165) is 0 Å². The Morgan fingerprint density at radius 3 is 2.14 bits per heavy atom. The molecule has 0 heterocycles. The zero-order valence-electron chi connectivity index (χ0n) is 8.29. The van der Waals surface area contributed by atoms with Crippen molar-refractivity contribution < 1.29 is 20.1 Å². The first kappa shape index (κ1) is 11.8. The minimum absolute atomic E-state index is 0.523. The summed E-state index contributed by atoms with van der Waals surface area (Å²) in [6, 6.07) is -1.41.